The van der Waals surface area contributed by atoms with E-state index in [9.17, 15) is 17.6 Å². The maximum Gasteiger partial charge on any atom is 0.240 e. The van der Waals surface area contributed by atoms with Crippen molar-refractivity contribution in [3.05, 3.63) is 30.1 Å². The predicted octanol–water partition coefficient (Wildman–Crippen LogP) is 2.14. The molecule has 0 heterocycles. The second kappa shape index (κ2) is 8.85. The van der Waals surface area contributed by atoms with E-state index in [-0.39, 0.29) is 23.8 Å². The number of amides is 1. The Bertz CT molecular complexity index is 573. The van der Waals surface area contributed by atoms with E-state index in [1.807, 2.05) is 6.92 Å². The first-order valence-corrected chi connectivity index (χ1v) is 8.92. The largest absolute Gasteiger partial charge is 0.343 e. The maximum absolute atomic E-state index is 12.8. The van der Waals surface area contributed by atoms with Gasteiger partial charge in [-0.3, -0.25) is 4.79 Å². The molecule has 0 saturated heterocycles. The van der Waals surface area contributed by atoms with Crippen LogP contribution in [0.25, 0.3) is 0 Å². The second-order valence-corrected chi connectivity index (χ2v) is 6.70. The van der Waals surface area contributed by atoms with Crippen LogP contribution in [0.5, 0.6) is 0 Å². The molecular formula is C15H23FN2O3S. The van der Waals surface area contributed by atoms with Crippen LogP contribution in [0.4, 0.5) is 4.39 Å². The molecule has 5 nitrogen and oxygen atoms in total. The third-order valence-corrected chi connectivity index (χ3v) is 4.75. The first kappa shape index (κ1) is 18.6. The summed E-state index contributed by atoms with van der Waals surface area (Å²) in [4.78, 5) is 13.7. The van der Waals surface area contributed by atoms with Crippen molar-refractivity contribution in [3.8, 4) is 0 Å². The molecule has 0 spiro atoms. The molecule has 0 unspecified atom stereocenters. The van der Waals surface area contributed by atoms with E-state index in [2.05, 4.69) is 11.6 Å². The van der Waals surface area contributed by atoms with Gasteiger partial charge in [0, 0.05) is 26.1 Å². The van der Waals surface area contributed by atoms with Gasteiger partial charge in [0.15, 0.2) is 0 Å². The van der Waals surface area contributed by atoms with Crippen molar-refractivity contribution >= 4 is 15.9 Å². The Morgan fingerprint density at radius 1 is 1.23 bits per heavy atom. The van der Waals surface area contributed by atoms with Crippen LogP contribution < -0.4 is 4.72 Å². The number of benzene rings is 1. The van der Waals surface area contributed by atoms with Crippen LogP contribution in [0.2, 0.25) is 0 Å². The minimum Gasteiger partial charge on any atom is -0.343 e. The van der Waals surface area contributed by atoms with Gasteiger partial charge in [0.05, 0.1) is 4.90 Å². The highest BCUT2D eigenvalue weighted by molar-refractivity contribution is 7.89. The van der Waals surface area contributed by atoms with Crippen molar-refractivity contribution in [1.29, 1.82) is 0 Å². The number of nitrogens with zero attached hydrogens (tertiary/aromatic N) is 1. The van der Waals surface area contributed by atoms with E-state index in [1.54, 1.807) is 4.90 Å². The fourth-order valence-electron chi connectivity index (χ4n) is 1.96. The molecule has 0 aliphatic carbocycles. The van der Waals surface area contributed by atoms with Gasteiger partial charge < -0.3 is 4.90 Å². The summed E-state index contributed by atoms with van der Waals surface area (Å²) in [6, 6.07) is 4.56. The minimum atomic E-state index is -3.71. The van der Waals surface area contributed by atoms with Gasteiger partial charge in [0.1, 0.15) is 5.82 Å². The number of hydrogen-bond acceptors (Lipinski definition) is 3. The zero-order valence-corrected chi connectivity index (χ0v) is 13.8. The number of nitrogens with one attached hydrogen (secondary N) is 1. The van der Waals surface area contributed by atoms with Crippen molar-refractivity contribution in [3.63, 3.8) is 0 Å². The molecule has 22 heavy (non-hydrogen) atoms. The third-order valence-electron chi connectivity index (χ3n) is 3.27. The van der Waals surface area contributed by atoms with Gasteiger partial charge in [-0.05, 0) is 37.6 Å². The number of hydrogen-bond donors (Lipinski definition) is 1. The standard InChI is InChI=1S/C15H23FN2O3S/c1-3-5-12-18(4-2)15(19)10-11-17-22(20,21)14-8-6-13(16)7-9-14/h6-9,17H,3-5,10-12H2,1-2H3. The summed E-state index contributed by atoms with van der Waals surface area (Å²) in [6.07, 6.45) is 2.04. The van der Waals surface area contributed by atoms with Crippen LogP contribution in [0, 0.1) is 5.82 Å². The summed E-state index contributed by atoms with van der Waals surface area (Å²) in [5, 5.41) is 0. The topological polar surface area (TPSA) is 66.5 Å². The molecular weight excluding hydrogens is 307 g/mol. The zero-order valence-electron chi connectivity index (χ0n) is 13.0. The number of unbranched alkanes of at least 4 members (excludes halogenated alkanes) is 1. The number of carbonyl (C=O) groups is 1. The molecule has 0 aromatic heterocycles. The van der Waals surface area contributed by atoms with Gasteiger partial charge in [-0.25, -0.2) is 17.5 Å². The predicted molar refractivity (Wildman–Crippen MR) is 83.4 cm³/mol. The molecule has 0 aliphatic rings. The van der Waals surface area contributed by atoms with E-state index in [0.717, 1.165) is 25.0 Å². The van der Waals surface area contributed by atoms with E-state index >= 15 is 0 Å². The molecule has 124 valence electrons. The van der Waals surface area contributed by atoms with Gasteiger partial charge >= 0.3 is 0 Å². The summed E-state index contributed by atoms with van der Waals surface area (Å²) < 4.78 is 39.1. The lowest BCUT2D eigenvalue weighted by molar-refractivity contribution is -0.130. The van der Waals surface area contributed by atoms with E-state index < -0.39 is 15.8 Å². The number of sulfonamides is 1. The van der Waals surface area contributed by atoms with Crippen molar-refractivity contribution in [1.82, 2.24) is 9.62 Å². The second-order valence-electron chi connectivity index (χ2n) is 4.93. The van der Waals surface area contributed by atoms with E-state index in [1.165, 1.54) is 12.1 Å². The van der Waals surface area contributed by atoms with Crippen molar-refractivity contribution in [2.24, 2.45) is 0 Å². The smallest absolute Gasteiger partial charge is 0.240 e. The Kier molecular flexibility index (Phi) is 7.47. The van der Waals surface area contributed by atoms with Crippen molar-refractivity contribution < 1.29 is 17.6 Å². The van der Waals surface area contributed by atoms with Crippen LogP contribution in [-0.4, -0.2) is 38.9 Å². The fourth-order valence-corrected chi connectivity index (χ4v) is 2.99. The van der Waals surface area contributed by atoms with Crippen LogP contribution in [-0.2, 0) is 14.8 Å². The van der Waals surface area contributed by atoms with Gasteiger partial charge in [0.2, 0.25) is 15.9 Å². The Morgan fingerprint density at radius 3 is 2.41 bits per heavy atom. The van der Waals surface area contributed by atoms with E-state index in [0.29, 0.717) is 13.1 Å². The monoisotopic (exact) mass is 330 g/mol. The van der Waals surface area contributed by atoms with E-state index in [4.69, 9.17) is 0 Å². The first-order valence-electron chi connectivity index (χ1n) is 7.43. The summed E-state index contributed by atoms with van der Waals surface area (Å²) in [5.74, 6) is -0.568. The average molecular weight is 330 g/mol. The summed E-state index contributed by atoms with van der Waals surface area (Å²) >= 11 is 0. The van der Waals surface area contributed by atoms with Crippen LogP contribution >= 0.6 is 0 Å². The third kappa shape index (κ3) is 5.73. The molecule has 0 atom stereocenters. The fraction of sp³-hybridized carbons (Fsp3) is 0.533. The lowest BCUT2D eigenvalue weighted by Crippen LogP contribution is -2.35. The zero-order chi connectivity index (χ0) is 16.6. The average Bonchev–Trinajstić information content (AvgIpc) is 2.48. The Balaban J connectivity index is 2.51. The highest BCUT2D eigenvalue weighted by Gasteiger charge is 2.16. The maximum atomic E-state index is 12.8. The molecule has 1 aromatic carbocycles. The summed E-state index contributed by atoms with van der Waals surface area (Å²) in [5.41, 5.74) is 0. The van der Waals surface area contributed by atoms with Gasteiger partial charge in [-0.2, -0.15) is 0 Å². The molecule has 1 N–H and O–H groups in total. The van der Waals surface area contributed by atoms with Gasteiger partial charge in [-0.1, -0.05) is 13.3 Å². The highest BCUT2D eigenvalue weighted by Crippen LogP contribution is 2.09. The normalized spacial score (nSPS) is 11.4. The van der Waals surface area contributed by atoms with Gasteiger partial charge in [0.25, 0.3) is 0 Å². The number of halogens is 1. The Hall–Kier alpha value is -1.47. The number of rotatable bonds is 9. The molecule has 0 bridgehead atoms. The summed E-state index contributed by atoms with van der Waals surface area (Å²) in [7, 11) is -3.71. The molecule has 1 aromatic rings. The van der Waals surface area contributed by atoms with Gasteiger partial charge in [-0.15, -0.1) is 0 Å². The molecule has 0 radical (unpaired) electrons. The Labute approximate surface area is 131 Å². The first-order chi connectivity index (χ1) is 10.4. The molecule has 0 fully saturated rings. The van der Waals surface area contributed by atoms with Crippen LogP contribution in [0.3, 0.4) is 0 Å². The van der Waals surface area contributed by atoms with Crippen LogP contribution in [0.15, 0.2) is 29.2 Å². The SMILES string of the molecule is CCCCN(CC)C(=O)CCNS(=O)(=O)c1ccc(F)cc1. The Morgan fingerprint density at radius 2 is 1.86 bits per heavy atom. The highest BCUT2D eigenvalue weighted by atomic mass is 32.2. The molecule has 1 rings (SSSR count). The van der Waals surface area contributed by atoms with Crippen molar-refractivity contribution in [2.75, 3.05) is 19.6 Å². The van der Waals surface area contributed by atoms with Crippen LogP contribution in [0.1, 0.15) is 33.1 Å². The molecule has 7 heteroatoms. The number of carbonyl (C=O) groups excluding carboxylic acids is 1. The minimum absolute atomic E-state index is 0.0142. The molecule has 0 aliphatic heterocycles. The molecule has 1 amide bonds. The summed E-state index contributed by atoms with van der Waals surface area (Å²) in [6.45, 7) is 5.28. The lowest BCUT2D eigenvalue weighted by Gasteiger charge is -2.20. The lowest BCUT2D eigenvalue weighted by atomic mass is 10.3. The quantitative estimate of drug-likeness (QED) is 0.754. The molecule has 0 saturated carbocycles. The van der Waals surface area contributed by atoms with Crippen molar-refractivity contribution in [2.45, 2.75) is 38.0 Å².